The second-order valence-corrected chi connectivity index (χ2v) is 6.11. The molecule has 4 nitrogen and oxygen atoms in total. The number of nitrogens with two attached hydrogens (primary N) is 1. The van der Waals surface area contributed by atoms with Crippen LogP contribution in [0.4, 0.5) is 5.69 Å². The Hall–Kier alpha value is -1.88. The van der Waals surface area contributed by atoms with Crippen LogP contribution >= 0.6 is 11.3 Å². The molecule has 0 unspecified atom stereocenters. The molecule has 0 bridgehead atoms. The zero-order valence-corrected chi connectivity index (χ0v) is 11.8. The lowest BCUT2D eigenvalue weighted by molar-refractivity contribution is 0.0766. The topological polar surface area (TPSA) is 59.2 Å². The van der Waals surface area contributed by atoms with E-state index in [-0.39, 0.29) is 5.91 Å². The Kier molecular flexibility index (Phi) is 2.78. The number of amides is 1. The molecule has 0 spiro atoms. The van der Waals surface area contributed by atoms with E-state index in [4.69, 9.17) is 5.73 Å². The molecular formula is C14H15N3OS. The minimum Gasteiger partial charge on any atom is -0.399 e. The SMILES string of the molecule is Cc1nc(CN2Cc3ccc(N)cc3C2=O)sc1C. The van der Waals surface area contributed by atoms with Gasteiger partial charge in [0.05, 0.1) is 12.2 Å². The Balaban J connectivity index is 1.84. The summed E-state index contributed by atoms with van der Waals surface area (Å²) in [4.78, 5) is 19.8. The number of nitrogen functional groups attached to an aromatic ring is 1. The highest BCUT2D eigenvalue weighted by atomic mass is 32.1. The van der Waals surface area contributed by atoms with Crippen LogP contribution in [0.5, 0.6) is 0 Å². The molecule has 0 fully saturated rings. The number of aryl methyl sites for hydroxylation is 2. The number of nitrogens with zero attached hydrogens (tertiary/aromatic N) is 2. The lowest BCUT2D eigenvalue weighted by atomic mass is 10.1. The fourth-order valence-corrected chi connectivity index (χ4v) is 3.23. The molecule has 1 aliphatic rings. The van der Waals surface area contributed by atoms with Gasteiger partial charge in [-0.15, -0.1) is 11.3 Å². The van der Waals surface area contributed by atoms with E-state index >= 15 is 0 Å². The van der Waals surface area contributed by atoms with Crippen LogP contribution in [0.2, 0.25) is 0 Å². The molecule has 0 saturated carbocycles. The quantitative estimate of drug-likeness (QED) is 0.855. The van der Waals surface area contributed by atoms with E-state index in [1.807, 2.05) is 24.0 Å². The van der Waals surface area contributed by atoms with Gasteiger partial charge in [-0.3, -0.25) is 4.79 Å². The largest absolute Gasteiger partial charge is 0.399 e. The third-order valence-corrected chi connectivity index (χ3v) is 4.47. The first kappa shape index (κ1) is 12.2. The highest BCUT2D eigenvalue weighted by molar-refractivity contribution is 7.11. The van der Waals surface area contributed by atoms with Crippen molar-refractivity contribution in [3.8, 4) is 0 Å². The van der Waals surface area contributed by atoms with Gasteiger partial charge in [-0.1, -0.05) is 6.07 Å². The van der Waals surface area contributed by atoms with E-state index in [0.717, 1.165) is 21.8 Å². The highest BCUT2D eigenvalue weighted by Gasteiger charge is 2.28. The van der Waals surface area contributed by atoms with Crippen LogP contribution in [0, 0.1) is 13.8 Å². The molecule has 0 saturated heterocycles. The summed E-state index contributed by atoms with van der Waals surface area (Å²) in [6.45, 7) is 5.27. The monoisotopic (exact) mass is 273 g/mol. The zero-order valence-electron chi connectivity index (χ0n) is 10.9. The molecular weight excluding hydrogens is 258 g/mol. The summed E-state index contributed by atoms with van der Waals surface area (Å²) in [7, 11) is 0. The Bertz CT molecular complexity index is 643. The predicted molar refractivity (Wildman–Crippen MR) is 76.0 cm³/mol. The number of anilines is 1. The highest BCUT2D eigenvalue weighted by Crippen LogP contribution is 2.27. The van der Waals surface area contributed by atoms with Gasteiger partial charge in [0, 0.05) is 22.7 Å². The van der Waals surface area contributed by atoms with Gasteiger partial charge in [0.15, 0.2) is 0 Å². The van der Waals surface area contributed by atoms with E-state index in [2.05, 4.69) is 11.9 Å². The molecule has 1 aromatic carbocycles. The third kappa shape index (κ3) is 2.10. The third-order valence-electron chi connectivity index (χ3n) is 3.41. The second kappa shape index (κ2) is 4.35. The number of hydrogen-bond acceptors (Lipinski definition) is 4. The molecule has 0 radical (unpaired) electrons. The minimum absolute atomic E-state index is 0.0489. The van der Waals surface area contributed by atoms with Crippen LogP contribution in [0.3, 0.4) is 0 Å². The summed E-state index contributed by atoms with van der Waals surface area (Å²) in [6.07, 6.45) is 0. The van der Waals surface area contributed by atoms with E-state index in [0.29, 0.717) is 18.8 Å². The first-order chi connectivity index (χ1) is 9.04. The van der Waals surface area contributed by atoms with Gasteiger partial charge >= 0.3 is 0 Å². The van der Waals surface area contributed by atoms with Gasteiger partial charge in [-0.05, 0) is 31.5 Å². The van der Waals surface area contributed by atoms with Crippen molar-refractivity contribution >= 4 is 22.9 Å². The van der Waals surface area contributed by atoms with Crippen molar-refractivity contribution in [2.75, 3.05) is 5.73 Å². The molecule has 1 aliphatic heterocycles. The summed E-state index contributed by atoms with van der Waals surface area (Å²) < 4.78 is 0. The fourth-order valence-electron chi connectivity index (χ4n) is 2.28. The summed E-state index contributed by atoms with van der Waals surface area (Å²) in [6, 6.07) is 5.53. The zero-order chi connectivity index (χ0) is 13.6. The molecule has 2 heterocycles. The number of aromatic nitrogens is 1. The van der Waals surface area contributed by atoms with Crippen molar-refractivity contribution in [2.45, 2.75) is 26.9 Å². The number of carbonyl (C=O) groups excluding carboxylic acids is 1. The Morgan fingerprint density at radius 2 is 2.21 bits per heavy atom. The Labute approximate surface area is 115 Å². The van der Waals surface area contributed by atoms with Crippen molar-refractivity contribution < 1.29 is 4.79 Å². The van der Waals surface area contributed by atoms with E-state index in [1.54, 1.807) is 17.4 Å². The van der Waals surface area contributed by atoms with Gasteiger partial charge < -0.3 is 10.6 Å². The normalized spacial score (nSPS) is 14.0. The summed E-state index contributed by atoms with van der Waals surface area (Å²) in [5.41, 5.74) is 9.19. The summed E-state index contributed by atoms with van der Waals surface area (Å²) in [5.74, 6) is 0.0489. The van der Waals surface area contributed by atoms with Gasteiger partial charge in [0.25, 0.3) is 5.91 Å². The van der Waals surface area contributed by atoms with Gasteiger partial charge in [0.2, 0.25) is 0 Å². The van der Waals surface area contributed by atoms with Crippen LogP contribution in [0.25, 0.3) is 0 Å². The van der Waals surface area contributed by atoms with Gasteiger partial charge in [-0.25, -0.2) is 4.98 Å². The Morgan fingerprint density at radius 3 is 2.89 bits per heavy atom. The second-order valence-electron chi connectivity index (χ2n) is 4.83. The molecule has 0 aliphatic carbocycles. The number of carbonyl (C=O) groups is 1. The van der Waals surface area contributed by atoms with Gasteiger partial charge in [0.1, 0.15) is 5.01 Å². The van der Waals surface area contributed by atoms with E-state index in [1.165, 1.54) is 4.88 Å². The fraction of sp³-hybridized carbons (Fsp3) is 0.286. The maximum atomic E-state index is 12.3. The maximum Gasteiger partial charge on any atom is 0.254 e. The van der Waals surface area contributed by atoms with Crippen molar-refractivity contribution in [3.63, 3.8) is 0 Å². The molecule has 1 aromatic heterocycles. The number of benzene rings is 1. The number of fused-ring (bicyclic) bond motifs is 1. The van der Waals surface area contributed by atoms with Crippen LogP contribution in [-0.4, -0.2) is 15.8 Å². The Morgan fingerprint density at radius 1 is 1.42 bits per heavy atom. The molecule has 0 atom stereocenters. The maximum absolute atomic E-state index is 12.3. The first-order valence-corrected chi connectivity index (χ1v) is 6.97. The summed E-state index contributed by atoms with van der Waals surface area (Å²) in [5, 5.41) is 0.990. The van der Waals surface area contributed by atoms with Crippen LogP contribution in [0.1, 0.15) is 31.5 Å². The van der Waals surface area contributed by atoms with Crippen LogP contribution in [-0.2, 0) is 13.1 Å². The average molecular weight is 273 g/mol. The molecule has 1 amide bonds. The predicted octanol–water partition coefficient (Wildman–Crippen LogP) is 2.50. The molecule has 3 rings (SSSR count). The lowest BCUT2D eigenvalue weighted by Gasteiger charge is -2.13. The number of thiazole rings is 1. The van der Waals surface area contributed by atoms with Crippen molar-refractivity contribution in [1.82, 2.24) is 9.88 Å². The van der Waals surface area contributed by atoms with E-state index in [9.17, 15) is 4.79 Å². The molecule has 2 aromatic rings. The number of hydrogen-bond donors (Lipinski definition) is 1. The van der Waals surface area contributed by atoms with Crippen molar-refractivity contribution in [1.29, 1.82) is 0 Å². The molecule has 19 heavy (non-hydrogen) atoms. The number of rotatable bonds is 2. The minimum atomic E-state index is 0.0489. The standard InChI is InChI=1S/C14H15N3OS/c1-8-9(2)19-13(16-8)7-17-6-10-3-4-11(15)5-12(10)14(17)18/h3-5H,6-7,15H2,1-2H3. The van der Waals surface area contributed by atoms with Crippen LogP contribution < -0.4 is 5.73 Å². The molecule has 5 heteroatoms. The molecule has 2 N–H and O–H groups in total. The average Bonchev–Trinajstić information content (AvgIpc) is 2.83. The molecule has 98 valence electrons. The first-order valence-electron chi connectivity index (χ1n) is 6.15. The van der Waals surface area contributed by atoms with Crippen LogP contribution in [0.15, 0.2) is 18.2 Å². The van der Waals surface area contributed by atoms with E-state index < -0.39 is 0 Å². The van der Waals surface area contributed by atoms with Crippen molar-refractivity contribution in [3.05, 3.63) is 44.9 Å². The lowest BCUT2D eigenvalue weighted by Crippen LogP contribution is -2.23. The van der Waals surface area contributed by atoms with Crippen molar-refractivity contribution in [2.24, 2.45) is 0 Å². The summed E-state index contributed by atoms with van der Waals surface area (Å²) >= 11 is 1.66. The smallest absolute Gasteiger partial charge is 0.254 e. The van der Waals surface area contributed by atoms with Gasteiger partial charge in [-0.2, -0.15) is 0 Å².